The number of aromatic nitrogens is 2. The number of anilines is 1. The number of carbonyl (C=O) groups is 1. The standard InChI is InChI=1S/C22H18N4O4S2/c1-12-19(14-6-4-3-5-7-14)20-21(23-13(2)24-22(20)32-12)31-11-18(28)25-16-10-15(26(29)30)8-9-17(16)27/h3-10,27H,11H2,1-2H3,(H,25,28). The highest BCUT2D eigenvalue weighted by Crippen LogP contribution is 2.41. The minimum atomic E-state index is -0.589. The number of hydrogen-bond acceptors (Lipinski definition) is 8. The molecule has 4 aromatic rings. The summed E-state index contributed by atoms with van der Waals surface area (Å²) in [5.41, 5.74) is 1.87. The number of aromatic hydroxyl groups is 1. The fourth-order valence-electron chi connectivity index (χ4n) is 3.30. The molecule has 0 saturated carbocycles. The molecule has 1 amide bonds. The lowest BCUT2D eigenvalue weighted by molar-refractivity contribution is -0.384. The van der Waals surface area contributed by atoms with Crippen LogP contribution in [0.25, 0.3) is 21.3 Å². The Balaban J connectivity index is 1.62. The number of nitro benzene ring substituents is 1. The van der Waals surface area contributed by atoms with E-state index in [1.807, 2.05) is 44.2 Å². The molecule has 0 bridgehead atoms. The molecule has 2 aromatic heterocycles. The summed E-state index contributed by atoms with van der Waals surface area (Å²) in [7, 11) is 0. The molecule has 2 aromatic carbocycles. The summed E-state index contributed by atoms with van der Waals surface area (Å²) in [6, 6.07) is 13.4. The zero-order chi connectivity index (χ0) is 22.8. The summed E-state index contributed by atoms with van der Waals surface area (Å²) in [6.45, 7) is 3.85. The minimum Gasteiger partial charge on any atom is -0.506 e. The number of thiophene rings is 1. The van der Waals surface area contributed by atoms with Crippen molar-refractivity contribution in [3.8, 4) is 16.9 Å². The number of aryl methyl sites for hydroxylation is 2. The fraction of sp³-hybridized carbons (Fsp3) is 0.136. The van der Waals surface area contributed by atoms with Crippen molar-refractivity contribution in [1.29, 1.82) is 0 Å². The number of amides is 1. The number of carbonyl (C=O) groups excluding carboxylic acids is 1. The first-order valence-electron chi connectivity index (χ1n) is 9.56. The number of non-ortho nitro benzene ring substituents is 1. The molecule has 0 fully saturated rings. The van der Waals surface area contributed by atoms with Crippen LogP contribution in [0.4, 0.5) is 11.4 Å². The van der Waals surface area contributed by atoms with E-state index in [-0.39, 0.29) is 22.9 Å². The van der Waals surface area contributed by atoms with Crippen LogP contribution in [0.15, 0.2) is 53.6 Å². The molecule has 4 rings (SSSR count). The number of hydrogen-bond donors (Lipinski definition) is 2. The molecule has 0 aliphatic heterocycles. The Hall–Kier alpha value is -3.50. The topological polar surface area (TPSA) is 118 Å². The van der Waals surface area contributed by atoms with Gasteiger partial charge in [-0.3, -0.25) is 14.9 Å². The Morgan fingerprint density at radius 3 is 2.66 bits per heavy atom. The lowest BCUT2D eigenvalue weighted by atomic mass is 10.0. The van der Waals surface area contributed by atoms with E-state index in [1.165, 1.54) is 23.9 Å². The summed E-state index contributed by atoms with van der Waals surface area (Å²) in [6.07, 6.45) is 0. The van der Waals surface area contributed by atoms with E-state index in [4.69, 9.17) is 0 Å². The largest absolute Gasteiger partial charge is 0.506 e. The molecule has 0 aliphatic rings. The number of benzene rings is 2. The molecule has 162 valence electrons. The molecule has 0 unspecified atom stereocenters. The van der Waals surface area contributed by atoms with Gasteiger partial charge in [0.2, 0.25) is 5.91 Å². The number of rotatable bonds is 6. The number of phenols is 1. The van der Waals surface area contributed by atoms with Crippen molar-refractivity contribution in [1.82, 2.24) is 9.97 Å². The normalized spacial score (nSPS) is 10.9. The van der Waals surface area contributed by atoms with Gasteiger partial charge in [0.05, 0.1) is 21.7 Å². The number of fused-ring (bicyclic) bond motifs is 1. The highest BCUT2D eigenvalue weighted by molar-refractivity contribution is 8.00. The van der Waals surface area contributed by atoms with Crippen LogP contribution in [-0.4, -0.2) is 31.7 Å². The van der Waals surface area contributed by atoms with Crippen molar-refractivity contribution < 1.29 is 14.8 Å². The van der Waals surface area contributed by atoms with Crippen molar-refractivity contribution in [2.24, 2.45) is 0 Å². The van der Waals surface area contributed by atoms with Crippen molar-refractivity contribution >= 4 is 50.6 Å². The van der Waals surface area contributed by atoms with E-state index in [1.54, 1.807) is 11.3 Å². The van der Waals surface area contributed by atoms with Gasteiger partial charge < -0.3 is 10.4 Å². The summed E-state index contributed by atoms with van der Waals surface area (Å²) in [5.74, 6) is -0.0355. The Labute approximate surface area is 191 Å². The van der Waals surface area contributed by atoms with Crippen molar-refractivity contribution in [3.63, 3.8) is 0 Å². The molecule has 0 aliphatic carbocycles. The van der Waals surface area contributed by atoms with Crippen LogP contribution in [0.1, 0.15) is 10.7 Å². The van der Waals surface area contributed by atoms with Gasteiger partial charge in [0.25, 0.3) is 5.69 Å². The van der Waals surface area contributed by atoms with Gasteiger partial charge in [0, 0.05) is 22.6 Å². The van der Waals surface area contributed by atoms with Crippen molar-refractivity contribution in [2.75, 3.05) is 11.1 Å². The monoisotopic (exact) mass is 466 g/mol. The van der Waals surface area contributed by atoms with Crippen LogP contribution in [0, 0.1) is 24.0 Å². The third kappa shape index (κ3) is 4.41. The average Bonchev–Trinajstić information content (AvgIpc) is 3.09. The Morgan fingerprint density at radius 2 is 1.94 bits per heavy atom. The van der Waals surface area contributed by atoms with Crippen LogP contribution >= 0.6 is 23.1 Å². The van der Waals surface area contributed by atoms with Gasteiger partial charge in [-0.15, -0.1) is 11.3 Å². The maximum atomic E-state index is 12.5. The van der Waals surface area contributed by atoms with Gasteiger partial charge in [-0.25, -0.2) is 9.97 Å². The van der Waals surface area contributed by atoms with Crippen LogP contribution in [0.3, 0.4) is 0 Å². The predicted octanol–water partition coefficient (Wildman–Crippen LogP) is 5.32. The fourth-order valence-corrected chi connectivity index (χ4v) is 5.33. The lowest BCUT2D eigenvalue weighted by Crippen LogP contribution is -2.14. The number of nitrogens with one attached hydrogen (secondary N) is 1. The van der Waals surface area contributed by atoms with Gasteiger partial charge in [0.1, 0.15) is 21.4 Å². The molecule has 32 heavy (non-hydrogen) atoms. The number of phenolic OH excluding ortho intramolecular Hbond substituents is 1. The first-order valence-corrected chi connectivity index (χ1v) is 11.4. The molecule has 8 nitrogen and oxygen atoms in total. The molecular weight excluding hydrogens is 448 g/mol. The zero-order valence-electron chi connectivity index (χ0n) is 17.2. The third-order valence-corrected chi connectivity index (χ3v) is 6.65. The molecule has 10 heteroatoms. The first-order chi connectivity index (χ1) is 15.3. The van der Waals surface area contributed by atoms with Crippen LogP contribution in [0.2, 0.25) is 0 Å². The van der Waals surface area contributed by atoms with Crippen LogP contribution < -0.4 is 5.32 Å². The smallest absolute Gasteiger partial charge is 0.271 e. The molecule has 0 spiro atoms. The third-order valence-electron chi connectivity index (χ3n) is 4.67. The molecular formula is C22H18N4O4S2. The molecule has 0 atom stereocenters. The summed E-state index contributed by atoms with van der Waals surface area (Å²) < 4.78 is 0. The van der Waals surface area contributed by atoms with Crippen LogP contribution in [-0.2, 0) is 4.79 Å². The maximum Gasteiger partial charge on any atom is 0.271 e. The Morgan fingerprint density at radius 1 is 1.19 bits per heavy atom. The van der Waals surface area contributed by atoms with E-state index >= 15 is 0 Å². The number of thioether (sulfide) groups is 1. The lowest BCUT2D eigenvalue weighted by Gasteiger charge is -2.09. The molecule has 2 heterocycles. The van der Waals surface area contributed by atoms with Gasteiger partial charge >= 0.3 is 0 Å². The van der Waals surface area contributed by atoms with Gasteiger partial charge in [0.15, 0.2) is 0 Å². The maximum absolute atomic E-state index is 12.5. The molecule has 0 radical (unpaired) electrons. The first kappa shape index (κ1) is 21.7. The summed E-state index contributed by atoms with van der Waals surface area (Å²) in [5, 5.41) is 25.0. The number of nitro groups is 1. The van der Waals surface area contributed by atoms with Gasteiger partial charge in [-0.2, -0.15) is 0 Å². The quantitative estimate of drug-likeness (QED) is 0.130. The van der Waals surface area contributed by atoms with E-state index in [9.17, 15) is 20.0 Å². The predicted molar refractivity (Wildman–Crippen MR) is 126 cm³/mol. The summed E-state index contributed by atoms with van der Waals surface area (Å²) >= 11 is 2.84. The molecule has 2 N–H and O–H groups in total. The highest BCUT2D eigenvalue weighted by atomic mass is 32.2. The van der Waals surface area contributed by atoms with Gasteiger partial charge in [-0.1, -0.05) is 42.1 Å². The van der Waals surface area contributed by atoms with Crippen molar-refractivity contribution in [2.45, 2.75) is 18.9 Å². The van der Waals surface area contributed by atoms with E-state index in [0.717, 1.165) is 32.3 Å². The van der Waals surface area contributed by atoms with E-state index < -0.39 is 10.8 Å². The molecule has 0 saturated heterocycles. The second kappa shape index (κ2) is 8.93. The minimum absolute atomic E-state index is 0.00910. The second-order valence-corrected chi connectivity index (χ2v) is 9.12. The van der Waals surface area contributed by atoms with E-state index in [0.29, 0.717) is 10.9 Å². The van der Waals surface area contributed by atoms with E-state index in [2.05, 4.69) is 15.3 Å². The second-order valence-electron chi connectivity index (χ2n) is 6.95. The summed E-state index contributed by atoms with van der Waals surface area (Å²) in [4.78, 5) is 34.0. The Kier molecular flexibility index (Phi) is 6.06. The Bertz CT molecular complexity index is 1340. The van der Waals surface area contributed by atoms with Gasteiger partial charge in [-0.05, 0) is 25.5 Å². The highest BCUT2D eigenvalue weighted by Gasteiger charge is 2.19. The van der Waals surface area contributed by atoms with Crippen molar-refractivity contribution in [3.05, 3.63) is 69.3 Å². The van der Waals surface area contributed by atoms with Crippen LogP contribution in [0.5, 0.6) is 5.75 Å². The average molecular weight is 467 g/mol. The number of nitrogens with zero attached hydrogens (tertiary/aromatic N) is 3. The SMILES string of the molecule is Cc1nc(SCC(=O)Nc2cc([N+](=O)[O-])ccc2O)c2c(-c3ccccc3)c(C)sc2n1. The zero-order valence-corrected chi connectivity index (χ0v) is 18.8.